The van der Waals surface area contributed by atoms with Crippen LogP contribution in [0.25, 0.3) is 0 Å². The van der Waals surface area contributed by atoms with Gasteiger partial charge in [0.25, 0.3) is 0 Å². The largest absolute Gasteiger partial charge is 0.478 e. The number of carboxylic acids is 1. The quantitative estimate of drug-likeness (QED) is 0.821. The van der Waals surface area contributed by atoms with Gasteiger partial charge in [0.2, 0.25) is 6.10 Å². The van der Waals surface area contributed by atoms with Crippen molar-refractivity contribution in [1.29, 1.82) is 0 Å². The number of carboxylic acid groups (broad SMARTS) is 1. The van der Waals surface area contributed by atoms with Crippen LogP contribution in [0.1, 0.15) is 24.6 Å². The summed E-state index contributed by atoms with van der Waals surface area (Å²) in [5, 5.41) is 16.9. The Morgan fingerprint density at radius 1 is 1.75 bits per heavy atom. The molecule has 0 unspecified atom stereocenters. The van der Waals surface area contributed by atoms with Gasteiger partial charge in [0.05, 0.1) is 11.4 Å². The van der Waals surface area contributed by atoms with Crippen LogP contribution in [0.4, 0.5) is 0 Å². The summed E-state index contributed by atoms with van der Waals surface area (Å²) in [5.74, 6) is -0.987. The minimum Gasteiger partial charge on any atom is -0.478 e. The second-order valence-electron chi connectivity index (χ2n) is 3.66. The molecule has 1 aromatic rings. The van der Waals surface area contributed by atoms with E-state index in [0.29, 0.717) is 12.1 Å². The molecule has 1 N–H and O–H groups in total. The Kier molecular flexibility index (Phi) is 2.64. The molecule has 0 bridgehead atoms. The summed E-state index contributed by atoms with van der Waals surface area (Å²) in [4.78, 5) is 15.5. The highest BCUT2D eigenvalue weighted by Gasteiger charge is 2.29. The van der Waals surface area contributed by atoms with Crippen molar-refractivity contribution in [2.75, 3.05) is 0 Å². The van der Waals surface area contributed by atoms with E-state index in [2.05, 4.69) is 10.3 Å². The minimum atomic E-state index is -0.987. The molecule has 6 nitrogen and oxygen atoms in total. The zero-order valence-corrected chi connectivity index (χ0v) is 9.17. The molecule has 0 saturated carbocycles. The zero-order valence-electron chi connectivity index (χ0n) is 9.17. The number of aryl methyl sites for hydroxylation is 2. The number of carbonyl (C=O) groups is 1. The van der Waals surface area contributed by atoms with Crippen molar-refractivity contribution in [2.45, 2.75) is 32.9 Å². The van der Waals surface area contributed by atoms with Crippen molar-refractivity contribution in [3.63, 3.8) is 0 Å². The number of aliphatic carboxylic acids is 1. The molecule has 6 heteroatoms. The van der Waals surface area contributed by atoms with E-state index in [4.69, 9.17) is 9.94 Å². The molecule has 1 aromatic heterocycles. The first kappa shape index (κ1) is 10.7. The van der Waals surface area contributed by atoms with Crippen molar-refractivity contribution < 1.29 is 14.7 Å². The highest BCUT2D eigenvalue weighted by molar-refractivity contribution is 6.03. The van der Waals surface area contributed by atoms with Crippen LogP contribution in [0.15, 0.2) is 11.4 Å². The Balaban J connectivity index is 2.20. The second kappa shape index (κ2) is 3.96. The summed E-state index contributed by atoms with van der Waals surface area (Å²) in [7, 11) is 0. The standard InChI is InChI=1S/C10H13N3O3/c1-3-13-5-7(6(2)11-13)8-4-9(10(14)15)16-12-8/h5,9H,3-4H2,1-2H3,(H,14,15)/t9-/m0/s1. The molecular formula is C10H13N3O3. The fourth-order valence-corrected chi connectivity index (χ4v) is 1.63. The molecule has 1 aliphatic heterocycles. The topological polar surface area (TPSA) is 76.7 Å². The lowest BCUT2D eigenvalue weighted by Gasteiger charge is -1.99. The van der Waals surface area contributed by atoms with E-state index in [1.165, 1.54) is 0 Å². The lowest BCUT2D eigenvalue weighted by Crippen LogP contribution is -2.19. The third-order valence-corrected chi connectivity index (χ3v) is 2.53. The summed E-state index contributed by atoms with van der Waals surface area (Å²) in [6.07, 6.45) is 1.30. The summed E-state index contributed by atoms with van der Waals surface area (Å²) in [6.45, 7) is 4.64. The number of hydrogen-bond acceptors (Lipinski definition) is 4. The molecule has 86 valence electrons. The molecule has 1 atom stereocenters. The maximum Gasteiger partial charge on any atom is 0.348 e. The van der Waals surface area contributed by atoms with Gasteiger partial charge in [-0.05, 0) is 13.8 Å². The molecule has 16 heavy (non-hydrogen) atoms. The van der Waals surface area contributed by atoms with Crippen LogP contribution in [-0.4, -0.2) is 32.7 Å². The highest BCUT2D eigenvalue weighted by Crippen LogP contribution is 2.18. The molecule has 0 aliphatic carbocycles. The number of nitrogens with zero attached hydrogens (tertiary/aromatic N) is 3. The van der Waals surface area contributed by atoms with E-state index in [1.54, 1.807) is 4.68 Å². The number of rotatable bonds is 3. The van der Waals surface area contributed by atoms with E-state index >= 15 is 0 Å². The van der Waals surface area contributed by atoms with Crippen molar-refractivity contribution in [2.24, 2.45) is 5.16 Å². The van der Waals surface area contributed by atoms with E-state index < -0.39 is 12.1 Å². The maximum atomic E-state index is 10.7. The van der Waals surface area contributed by atoms with E-state index in [0.717, 1.165) is 17.8 Å². The van der Waals surface area contributed by atoms with Crippen LogP contribution in [0, 0.1) is 6.92 Å². The van der Waals surface area contributed by atoms with Crippen LogP contribution in [0.5, 0.6) is 0 Å². The van der Waals surface area contributed by atoms with Crippen molar-refractivity contribution in [3.8, 4) is 0 Å². The van der Waals surface area contributed by atoms with Crippen LogP contribution < -0.4 is 0 Å². The predicted molar refractivity (Wildman–Crippen MR) is 56.3 cm³/mol. The van der Waals surface area contributed by atoms with Gasteiger partial charge in [-0.3, -0.25) is 4.68 Å². The van der Waals surface area contributed by atoms with E-state index in [-0.39, 0.29) is 0 Å². The zero-order chi connectivity index (χ0) is 11.7. The molecule has 0 aromatic carbocycles. The van der Waals surface area contributed by atoms with Gasteiger partial charge in [-0.25, -0.2) is 4.79 Å². The second-order valence-corrected chi connectivity index (χ2v) is 3.66. The van der Waals surface area contributed by atoms with E-state index in [1.807, 2.05) is 20.0 Å². The lowest BCUT2D eigenvalue weighted by molar-refractivity contribution is -0.148. The number of hydrogen-bond donors (Lipinski definition) is 1. The normalized spacial score (nSPS) is 19.4. The molecule has 0 amide bonds. The average molecular weight is 223 g/mol. The van der Waals surface area contributed by atoms with Crippen LogP contribution >= 0.6 is 0 Å². The van der Waals surface area contributed by atoms with Crippen LogP contribution in [0.2, 0.25) is 0 Å². The Morgan fingerprint density at radius 2 is 2.50 bits per heavy atom. The summed E-state index contributed by atoms with van der Waals surface area (Å²) in [6, 6.07) is 0. The SMILES string of the molecule is CCn1cc(C2=NO[C@H](C(=O)O)C2)c(C)n1. The smallest absolute Gasteiger partial charge is 0.348 e. The molecular weight excluding hydrogens is 210 g/mol. The number of aromatic nitrogens is 2. The molecule has 0 saturated heterocycles. The average Bonchev–Trinajstić information content (AvgIpc) is 2.83. The first-order valence-corrected chi connectivity index (χ1v) is 5.11. The van der Waals surface area contributed by atoms with Crippen molar-refractivity contribution >= 4 is 11.7 Å². The Labute approximate surface area is 92.5 Å². The van der Waals surface area contributed by atoms with E-state index in [9.17, 15) is 4.79 Å². The Hall–Kier alpha value is -1.85. The number of oxime groups is 1. The monoisotopic (exact) mass is 223 g/mol. The first-order valence-electron chi connectivity index (χ1n) is 5.11. The fraction of sp³-hybridized carbons (Fsp3) is 0.500. The van der Waals surface area contributed by atoms with Gasteiger partial charge in [0, 0.05) is 24.7 Å². The molecule has 0 spiro atoms. The maximum absolute atomic E-state index is 10.7. The third-order valence-electron chi connectivity index (χ3n) is 2.53. The lowest BCUT2D eigenvalue weighted by atomic mass is 10.1. The molecule has 0 fully saturated rings. The van der Waals surface area contributed by atoms with Gasteiger partial charge in [-0.15, -0.1) is 0 Å². The molecule has 2 heterocycles. The summed E-state index contributed by atoms with van der Waals surface area (Å²) in [5.41, 5.74) is 2.37. The van der Waals surface area contributed by atoms with Crippen LogP contribution in [-0.2, 0) is 16.2 Å². The first-order chi connectivity index (χ1) is 7.61. The summed E-state index contributed by atoms with van der Waals surface area (Å²) >= 11 is 0. The summed E-state index contributed by atoms with van der Waals surface area (Å²) < 4.78 is 1.79. The molecule has 1 aliphatic rings. The van der Waals surface area contributed by atoms with Gasteiger partial charge in [-0.2, -0.15) is 5.10 Å². The minimum absolute atomic E-state index is 0.297. The predicted octanol–water partition coefficient (Wildman–Crippen LogP) is 0.789. The van der Waals surface area contributed by atoms with Crippen LogP contribution in [0.3, 0.4) is 0 Å². The highest BCUT2D eigenvalue weighted by atomic mass is 16.7. The fourth-order valence-electron chi connectivity index (χ4n) is 1.63. The third kappa shape index (κ3) is 1.78. The van der Waals surface area contributed by atoms with Gasteiger partial charge < -0.3 is 9.94 Å². The molecule has 2 rings (SSSR count). The Morgan fingerprint density at radius 3 is 3.00 bits per heavy atom. The van der Waals surface area contributed by atoms with Gasteiger partial charge >= 0.3 is 5.97 Å². The van der Waals surface area contributed by atoms with Crippen molar-refractivity contribution in [1.82, 2.24) is 9.78 Å². The van der Waals surface area contributed by atoms with Gasteiger partial charge in [-0.1, -0.05) is 5.16 Å². The molecule has 0 radical (unpaired) electrons. The van der Waals surface area contributed by atoms with Gasteiger partial charge in [0.1, 0.15) is 0 Å². The van der Waals surface area contributed by atoms with Crippen molar-refractivity contribution in [3.05, 3.63) is 17.5 Å². The Bertz CT molecular complexity index is 450. The van der Waals surface area contributed by atoms with Gasteiger partial charge in [0.15, 0.2) is 0 Å².